The Balaban J connectivity index is 1.62. The number of fused-ring (bicyclic) bond motifs is 1. The molecule has 0 radical (unpaired) electrons. The van der Waals surface area contributed by atoms with Gasteiger partial charge in [0.2, 0.25) is 0 Å². The largest absolute Gasteiger partial charge is 0.455 e. The van der Waals surface area contributed by atoms with E-state index >= 15 is 0 Å². The van der Waals surface area contributed by atoms with Crippen molar-refractivity contribution in [3.05, 3.63) is 63.2 Å². The van der Waals surface area contributed by atoms with Gasteiger partial charge in [0.05, 0.1) is 11.8 Å². The summed E-state index contributed by atoms with van der Waals surface area (Å²) in [5, 5.41) is 1.36. The maximum Gasteiger partial charge on any atom is 0.252 e. The molecule has 2 aromatic heterocycles. The highest BCUT2D eigenvalue weighted by Gasteiger charge is 2.23. The summed E-state index contributed by atoms with van der Waals surface area (Å²) in [6, 6.07) is 11.2. The van der Waals surface area contributed by atoms with E-state index in [1.165, 1.54) is 4.88 Å². The highest BCUT2D eigenvalue weighted by atomic mass is 35.5. The number of aliphatic imine (C=N–C) groups is 1. The van der Waals surface area contributed by atoms with Gasteiger partial charge in [0.25, 0.3) is 5.91 Å². The zero-order chi connectivity index (χ0) is 18.1. The van der Waals surface area contributed by atoms with Crippen LogP contribution in [0.4, 0.5) is 5.00 Å². The molecule has 132 valence electrons. The van der Waals surface area contributed by atoms with Crippen LogP contribution in [-0.2, 0) is 12.8 Å². The van der Waals surface area contributed by atoms with E-state index < -0.39 is 5.91 Å². The molecule has 1 aliphatic rings. The molecule has 0 spiro atoms. The smallest absolute Gasteiger partial charge is 0.252 e. The lowest BCUT2D eigenvalue weighted by atomic mass is 9.95. The Hall–Kier alpha value is -2.37. The molecule has 26 heavy (non-hydrogen) atoms. The minimum absolute atomic E-state index is 0.405. The summed E-state index contributed by atoms with van der Waals surface area (Å²) in [4.78, 5) is 17.6. The number of nitrogens with zero attached hydrogens (tertiary/aromatic N) is 1. The van der Waals surface area contributed by atoms with E-state index in [0.717, 1.165) is 42.6 Å². The van der Waals surface area contributed by atoms with Gasteiger partial charge in [-0.1, -0.05) is 11.6 Å². The lowest BCUT2D eigenvalue weighted by Gasteiger charge is -2.10. The molecule has 0 atom stereocenters. The third-order valence-corrected chi connectivity index (χ3v) is 5.92. The van der Waals surface area contributed by atoms with Gasteiger partial charge >= 0.3 is 0 Å². The zero-order valence-electron chi connectivity index (χ0n) is 14.0. The van der Waals surface area contributed by atoms with Crippen LogP contribution in [0, 0.1) is 0 Å². The maximum absolute atomic E-state index is 11.9. The van der Waals surface area contributed by atoms with Crippen molar-refractivity contribution in [2.24, 2.45) is 10.7 Å². The molecule has 1 amide bonds. The first-order valence-corrected chi connectivity index (χ1v) is 9.65. The normalized spacial score (nSPS) is 13.9. The number of primary amides is 1. The van der Waals surface area contributed by atoms with Crippen LogP contribution in [0.3, 0.4) is 0 Å². The molecule has 0 fully saturated rings. The SMILES string of the molecule is NC(=O)c1c(N=Cc2ccc(-c3ccc(Cl)cc3)o2)sc2c1CCCC2. The second kappa shape index (κ2) is 7.09. The molecule has 0 unspecified atom stereocenters. The number of furan rings is 1. The average Bonchev–Trinajstić information content (AvgIpc) is 3.24. The van der Waals surface area contributed by atoms with Crippen LogP contribution < -0.4 is 5.73 Å². The quantitative estimate of drug-likeness (QED) is 0.612. The molecule has 0 saturated heterocycles. The molecule has 1 aromatic carbocycles. The van der Waals surface area contributed by atoms with Gasteiger partial charge < -0.3 is 10.2 Å². The number of thiophene rings is 1. The molecule has 0 bridgehead atoms. The van der Waals surface area contributed by atoms with Crippen molar-refractivity contribution in [1.29, 1.82) is 0 Å². The van der Waals surface area contributed by atoms with E-state index in [-0.39, 0.29) is 0 Å². The Morgan fingerprint density at radius 3 is 2.69 bits per heavy atom. The molecule has 3 aromatic rings. The summed E-state index contributed by atoms with van der Waals surface area (Å²) in [5.41, 5.74) is 8.21. The van der Waals surface area contributed by atoms with Gasteiger partial charge in [0.1, 0.15) is 16.5 Å². The molecule has 2 heterocycles. The van der Waals surface area contributed by atoms with Crippen molar-refractivity contribution in [3.63, 3.8) is 0 Å². The number of hydrogen-bond acceptors (Lipinski definition) is 4. The van der Waals surface area contributed by atoms with Crippen LogP contribution in [-0.4, -0.2) is 12.1 Å². The summed E-state index contributed by atoms with van der Waals surface area (Å²) >= 11 is 7.48. The summed E-state index contributed by atoms with van der Waals surface area (Å²) in [6.07, 6.45) is 5.79. The first-order valence-electron chi connectivity index (χ1n) is 8.46. The van der Waals surface area contributed by atoms with Crippen LogP contribution in [0.5, 0.6) is 0 Å². The summed E-state index contributed by atoms with van der Waals surface area (Å²) in [5.74, 6) is 0.957. The summed E-state index contributed by atoms with van der Waals surface area (Å²) in [7, 11) is 0. The van der Waals surface area contributed by atoms with Crippen molar-refractivity contribution < 1.29 is 9.21 Å². The number of rotatable bonds is 4. The third kappa shape index (κ3) is 3.32. The molecule has 4 nitrogen and oxygen atoms in total. The fourth-order valence-electron chi connectivity index (χ4n) is 3.21. The Bertz CT molecular complexity index is 986. The maximum atomic E-state index is 11.9. The summed E-state index contributed by atoms with van der Waals surface area (Å²) in [6.45, 7) is 0. The first kappa shape index (κ1) is 17.1. The fraction of sp³-hybridized carbons (Fsp3) is 0.200. The lowest BCUT2D eigenvalue weighted by molar-refractivity contribution is 0.100. The van der Waals surface area contributed by atoms with Gasteiger partial charge in [0, 0.05) is 15.5 Å². The van der Waals surface area contributed by atoms with Crippen molar-refractivity contribution >= 4 is 40.1 Å². The van der Waals surface area contributed by atoms with Crippen LogP contribution >= 0.6 is 22.9 Å². The third-order valence-electron chi connectivity index (χ3n) is 4.46. The van der Waals surface area contributed by atoms with E-state index in [1.54, 1.807) is 17.6 Å². The molecule has 1 aliphatic carbocycles. The molecular formula is C20H17ClN2O2S. The summed E-state index contributed by atoms with van der Waals surface area (Å²) < 4.78 is 5.83. The van der Waals surface area contributed by atoms with Gasteiger partial charge in [-0.3, -0.25) is 4.79 Å². The Morgan fingerprint density at radius 1 is 1.15 bits per heavy atom. The Kier molecular flexibility index (Phi) is 4.66. The monoisotopic (exact) mass is 384 g/mol. The number of nitrogens with two attached hydrogens (primary N) is 1. The lowest BCUT2D eigenvalue weighted by Crippen LogP contribution is -2.14. The fourth-order valence-corrected chi connectivity index (χ4v) is 4.57. The standard InChI is InChI=1S/C20H17ClN2O2S/c21-13-7-5-12(6-8-13)16-10-9-14(25-16)11-23-20-18(19(22)24)15-3-1-2-4-17(15)26-20/h5-11H,1-4H2,(H2,22,24). The van der Waals surface area contributed by atoms with E-state index in [0.29, 0.717) is 21.3 Å². The number of hydrogen-bond donors (Lipinski definition) is 1. The average molecular weight is 385 g/mol. The zero-order valence-corrected chi connectivity index (χ0v) is 15.6. The molecule has 0 saturated carbocycles. The van der Waals surface area contributed by atoms with Crippen molar-refractivity contribution in [2.45, 2.75) is 25.7 Å². The number of benzene rings is 1. The Morgan fingerprint density at radius 2 is 1.92 bits per heavy atom. The van der Waals surface area contributed by atoms with Gasteiger partial charge in [-0.15, -0.1) is 11.3 Å². The van der Waals surface area contributed by atoms with Crippen LogP contribution in [0.1, 0.15) is 39.4 Å². The highest BCUT2D eigenvalue weighted by molar-refractivity contribution is 7.16. The van der Waals surface area contributed by atoms with E-state index in [9.17, 15) is 4.79 Å². The molecule has 0 aliphatic heterocycles. The number of carbonyl (C=O) groups excluding carboxylic acids is 1. The topological polar surface area (TPSA) is 68.6 Å². The number of carbonyl (C=O) groups is 1. The predicted molar refractivity (Wildman–Crippen MR) is 106 cm³/mol. The van der Waals surface area contributed by atoms with Gasteiger partial charge in [-0.2, -0.15) is 0 Å². The Labute approximate surface area is 160 Å². The number of amides is 1. The molecular weight excluding hydrogens is 368 g/mol. The molecule has 4 rings (SSSR count). The van der Waals surface area contributed by atoms with E-state index in [2.05, 4.69) is 4.99 Å². The molecule has 6 heteroatoms. The van der Waals surface area contributed by atoms with Gasteiger partial charge in [-0.25, -0.2) is 4.99 Å². The number of halogens is 1. The van der Waals surface area contributed by atoms with Crippen LogP contribution in [0.25, 0.3) is 11.3 Å². The van der Waals surface area contributed by atoms with Crippen molar-refractivity contribution in [2.75, 3.05) is 0 Å². The van der Waals surface area contributed by atoms with Crippen LogP contribution in [0.2, 0.25) is 5.02 Å². The molecule has 2 N–H and O–H groups in total. The highest BCUT2D eigenvalue weighted by Crippen LogP contribution is 2.39. The number of aryl methyl sites for hydroxylation is 1. The van der Waals surface area contributed by atoms with Crippen molar-refractivity contribution in [3.8, 4) is 11.3 Å². The minimum Gasteiger partial charge on any atom is -0.455 e. The second-order valence-electron chi connectivity index (χ2n) is 6.22. The predicted octanol–water partition coefficient (Wildman–Crippen LogP) is 5.39. The van der Waals surface area contributed by atoms with E-state index in [4.69, 9.17) is 21.8 Å². The minimum atomic E-state index is -0.405. The second-order valence-corrected chi connectivity index (χ2v) is 7.74. The van der Waals surface area contributed by atoms with Gasteiger partial charge in [-0.05, 0) is 67.6 Å². The van der Waals surface area contributed by atoms with E-state index in [1.807, 2.05) is 36.4 Å². The first-order chi connectivity index (χ1) is 12.6. The van der Waals surface area contributed by atoms with Crippen LogP contribution in [0.15, 0.2) is 45.8 Å². The van der Waals surface area contributed by atoms with Crippen molar-refractivity contribution in [1.82, 2.24) is 0 Å². The van der Waals surface area contributed by atoms with Gasteiger partial charge in [0.15, 0.2) is 0 Å².